The minimum atomic E-state index is -0.300. The SMILES string of the molecule is CCC(=O)Nc1ccc2c(c1)C(=O)N(C)[C@@H]1CC[C@@H](CC(=O)NCC3CCCCC3)O[C@@H]1CO2. The number of nitrogens with one attached hydrogen (secondary N) is 2. The molecule has 0 spiro atoms. The second-order valence-electron chi connectivity index (χ2n) is 9.79. The van der Waals surface area contributed by atoms with Gasteiger partial charge in [-0.1, -0.05) is 26.2 Å². The Bertz CT molecular complexity index is 898. The van der Waals surface area contributed by atoms with Gasteiger partial charge in [0.15, 0.2) is 0 Å². The lowest BCUT2D eigenvalue weighted by molar-refractivity contribution is -0.134. The lowest BCUT2D eigenvalue weighted by atomic mass is 9.89. The lowest BCUT2D eigenvalue weighted by Crippen LogP contribution is -2.54. The molecule has 2 aliphatic heterocycles. The maximum Gasteiger partial charge on any atom is 0.257 e. The fraction of sp³-hybridized carbons (Fsp3) is 0.654. The first-order valence-electron chi connectivity index (χ1n) is 12.7. The first-order chi connectivity index (χ1) is 16.4. The van der Waals surface area contributed by atoms with Crippen molar-refractivity contribution in [2.45, 2.75) is 83.0 Å². The van der Waals surface area contributed by atoms with Crippen molar-refractivity contribution in [2.75, 3.05) is 25.5 Å². The molecule has 8 nitrogen and oxygen atoms in total. The smallest absolute Gasteiger partial charge is 0.257 e. The van der Waals surface area contributed by atoms with E-state index in [4.69, 9.17) is 9.47 Å². The van der Waals surface area contributed by atoms with Gasteiger partial charge in [-0.05, 0) is 49.8 Å². The van der Waals surface area contributed by atoms with Crippen LogP contribution in [0, 0.1) is 5.92 Å². The van der Waals surface area contributed by atoms with Crippen molar-refractivity contribution in [3.8, 4) is 5.75 Å². The summed E-state index contributed by atoms with van der Waals surface area (Å²) >= 11 is 0. The van der Waals surface area contributed by atoms with Crippen LogP contribution >= 0.6 is 0 Å². The van der Waals surface area contributed by atoms with Crippen LogP contribution in [0.2, 0.25) is 0 Å². The maximum absolute atomic E-state index is 13.3. The minimum Gasteiger partial charge on any atom is -0.490 e. The second kappa shape index (κ2) is 11.2. The minimum absolute atomic E-state index is 0.0391. The van der Waals surface area contributed by atoms with E-state index in [9.17, 15) is 14.4 Å². The Morgan fingerprint density at radius 1 is 1.09 bits per heavy atom. The molecule has 0 unspecified atom stereocenters. The summed E-state index contributed by atoms with van der Waals surface area (Å²) in [7, 11) is 1.78. The molecular weight excluding hydrogens is 434 g/mol. The zero-order valence-electron chi connectivity index (χ0n) is 20.3. The topological polar surface area (TPSA) is 97.0 Å². The molecule has 1 aliphatic carbocycles. The Hall–Kier alpha value is -2.61. The van der Waals surface area contributed by atoms with Crippen LogP contribution in [0.1, 0.15) is 75.1 Å². The van der Waals surface area contributed by atoms with Crippen LogP contribution in [0.3, 0.4) is 0 Å². The quantitative estimate of drug-likeness (QED) is 0.662. The molecule has 0 aromatic heterocycles. The molecule has 2 N–H and O–H groups in total. The largest absolute Gasteiger partial charge is 0.490 e. The molecule has 3 atom stereocenters. The predicted molar refractivity (Wildman–Crippen MR) is 129 cm³/mol. The average Bonchev–Trinajstić information content (AvgIpc) is 2.86. The monoisotopic (exact) mass is 471 g/mol. The number of hydrogen-bond acceptors (Lipinski definition) is 5. The van der Waals surface area contributed by atoms with E-state index in [0.29, 0.717) is 42.4 Å². The lowest BCUT2D eigenvalue weighted by Gasteiger charge is -2.42. The van der Waals surface area contributed by atoms with Gasteiger partial charge in [0.2, 0.25) is 11.8 Å². The highest BCUT2D eigenvalue weighted by molar-refractivity contribution is 5.99. The van der Waals surface area contributed by atoms with E-state index in [2.05, 4.69) is 10.6 Å². The number of hydrogen-bond donors (Lipinski definition) is 2. The average molecular weight is 472 g/mol. The third-order valence-corrected chi connectivity index (χ3v) is 7.34. The highest BCUT2D eigenvalue weighted by Gasteiger charge is 2.39. The number of carbonyl (C=O) groups is 3. The van der Waals surface area contributed by atoms with Gasteiger partial charge in [0.05, 0.1) is 24.1 Å². The maximum atomic E-state index is 13.3. The van der Waals surface area contributed by atoms with E-state index in [1.807, 2.05) is 0 Å². The number of carbonyl (C=O) groups excluding carboxylic acids is 3. The number of likely N-dealkylation sites (N-methyl/N-ethyl adjacent to an activating group) is 1. The fourth-order valence-corrected chi connectivity index (χ4v) is 5.28. The van der Waals surface area contributed by atoms with Gasteiger partial charge in [-0.3, -0.25) is 14.4 Å². The van der Waals surface area contributed by atoms with Gasteiger partial charge >= 0.3 is 0 Å². The van der Waals surface area contributed by atoms with Crippen LogP contribution in [0.15, 0.2) is 18.2 Å². The molecule has 1 saturated carbocycles. The number of benzene rings is 1. The third kappa shape index (κ3) is 5.90. The molecule has 1 aromatic rings. The zero-order chi connectivity index (χ0) is 24.1. The number of anilines is 1. The van der Waals surface area contributed by atoms with Crippen molar-refractivity contribution in [1.82, 2.24) is 10.2 Å². The Morgan fingerprint density at radius 3 is 2.65 bits per heavy atom. The van der Waals surface area contributed by atoms with E-state index in [-0.39, 0.29) is 36.0 Å². The van der Waals surface area contributed by atoms with Crippen molar-refractivity contribution in [3.63, 3.8) is 0 Å². The molecule has 186 valence electrons. The zero-order valence-corrected chi connectivity index (χ0v) is 20.3. The summed E-state index contributed by atoms with van der Waals surface area (Å²) < 4.78 is 12.3. The van der Waals surface area contributed by atoms with Crippen molar-refractivity contribution in [1.29, 1.82) is 0 Å². The van der Waals surface area contributed by atoms with E-state index in [0.717, 1.165) is 19.4 Å². The number of nitrogens with zero attached hydrogens (tertiary/aromatic N) is 1. The number of fused-ring (bicyclic) bond motifs is 2. The third-order valence-electron chi connectivity index (χ3n) is 7.34. The summed E-state index contributed by atoms with van der Waals surface area (Å²) in [5.74, 6) is 0.841. The summed E-state index contributed by atoms with van der Waals surface area (Å²) in [6, 6.07) is 4.99. The van der Waals surface area contributed by atoms with E-state index in [1.54, 1.807) is 37.1 Å². The highest BCUT2D eigenvalue weighted by atomic mass is 16.5. The second-order valence-corrected chi connectivity index (χ2v) is 9.79. The summed E-state index contributed by atoms with van der Waals surface area (Å²) in [5, 5.41) is 5.90. The Morgan fingerprint density at radius 2 is 1.88 bits per heavy atom. The van der Waals surface area contributed by atoms with Crippen LogP contribution in [0.4, 0.5) is 5.69 Å². The molecule has 4 rings (SSSR count). The standard InChI is InChI=1S/C26H37N3O5/c1-3-24(30)28-18-9-12-22-20(13-18)26(32)29(2)21-11-10-19(34-23(21)16-33-22)14-25(31)27-15-17-7-5-4-6-8-17/h9,12-13,17,19,21,23H,3-8,10-11,14-16H2,1-2H3,(H,27,31)(H,28,30)/t19-,21+,23+/m0/s1. The predicted octanol–water partition coefficient (Wildman–Crippen LogP) is 3.50. The first-order valence-corrected chi connectivity index (χ1v) is 12.7. The molecule has 1 aromatic carbocycles. The van der Waals surface area contributed by atoms with Gasteiger partial charge in [0, 0.05) is 25.7 Å². The molecule has 3 aliphatic rings. The van der Waals surface area contributed by atoms with Gasteiger partial charge in [0.1, 0.15) is 18.5 Å². The summed E-state index contributed by atoms with van der Waals surface area (Å²) in [5.41, 5.74) is 1.01. The molecule has 2 heterocycles. The molecular formula is C26H37N3O5. The van der Waals surface area contributed by atoms with E-state index < -0.39 is 0 Å². The van der Waals surface area contributed by atoms with Crippen LogP contribution in [0.5, 0.6) is 5.75 Å². The summed E-state index contributed by atoms with van der Waals surface area (Å²) in [4.78, 5) is 39.3. The van der Waals surface area contributed by atoms with Gasteiger partial charge < -0.3 is 25.0 Å². The molecule has 0 radical (unpaired) electrons. The van der Waals surface area contributed by atoms with Crippen molar-refractivity contribution < 1.29 is 23.9 Å². The molecule has 1 saturated heterocycles. The molecule has 8 heteroatoms. The van der Waals surface area contributed by atoms with Crippen molar-refractivity contribution >= 4 is 23.4 Å². The Kier molecular flexibility index (Phi) is 8.08. The molecule has 34 heavy (non-hydrogen) atoms. The summed E-state index contributed by atoms with van der Waals surface area (Å²) in [6.07, 6.45) is 7.93. The van der Waals surface area contributed by atoms with Crippen LogP contribution < -0.4 is 15.4 Å². The number of ether oxygens (including phenoxy) is 2. The highest BCUT2D eigenvalue weighted by Crippen LogP contribution is 2.32. The number of amides is 3. The van der Waals surface area contributed by atoms with E-state index in [1.165, 1.54) is 32.1 Å². The normalized spacial score (nSPS) is 25.3. The van der Waals surface area contributed by atoms with Gasteiger partial charge in [-0.25, -0.2) is 0 Å². The Labute approximate surface area is 201 Å². The van der Waals surface area contributed by atoms with Crippen LogP contribution in [-0.4, -0.2) is 61.1 Å². The first kappa shape index (κ1) is 24.5. The molecule has 0 bridgehead atoms. The van der Waals surface area contributed by atoms with Crippen molar-refractivity contribution in [2.24, 2.45) is 5.92 Å². The van der Waals surface area contributed by atoms with Gasteiger partial charge in [-0.15, -0.1) is 0 Å². The fourth-order valence-electron chi connectivity index (χ4n) is 5.28. The molecule has 2 fully saturated rings. The van der Waals surface area contributed by atoms with E-state index >= 15 is 0 Å². The van der Waals surface area contributed by atoms with Gasteiger partial charge in [0.25, 0.3) is 5.91 Å². The van der Waals surface area contributed by atoms with Crippen LogP contribution in [-0.2, 0) is 14.3 Å². The molecule has 3 amide bonds. The number of rotatable bonds is 6. The van der Waals surface area contributed by atoms with Gasteiger partial charge in [-0.2, -0.15) is 0 Å². The van der Waals surface area contributed by atoms with Crippen molar-refractivity contribution in [3.05, 3.63) is 23.8 Å². The summed E-state index contributed by atoms with van der Waals surface area (Å²) in [6.45, 7) is 2.84. The Balaban J connectivity index is 1.36. The van der Waals surface area contributed by atoms with Crippen LogP contribution in [0.25, 0.3) is 0 Å².